The van der Waals surface area contributed by atoms with Gasteiger partial charge in [-0.05, 0) is 47.9 Å². The van der Waals surface area contributed by atoms with Gasteiger partial charge in [0.25, 0.3) is 0 Å². The Morgan fingerprint density at radius 2 is 0.969 bits per heavy atom. The van der Waals surface area contributed by atoms with Crippen molar-refractivity contribution in [2.24, 2.45) is 47.3 Å². The van der Waals surface area contributed by atoms with E-state index in [0.717, 1.165) is 0 Å². The minimum Gasteiger partial charge on any atom is -0.274 e. The molecule has 8 heteroatoms. The van der Waals surface area contributed by atoms with Crippen LogP contribution < -0.4 is 9.80 Å². The van der Waals surface area contributed by atoms with Gasteiger partial charge in [0.05, 0.1) is 23.7 Å². The maximum atomic E-state index is 13.4. The number of rotatable bonds is 2. The molecule has 2 bridgehead atoms. The Morgan fingerprint density at radius 1 is 0.562 bits per heavy atom. The zero-order valence-corrected chi connectivity index (χ0v) is 16.8. The van der Waals surface area contributed by atoms with Gasteiger partial charge in [-0.15, -0.1) is 0 Å². The second kappa shape index (κ2) is 5.97. The SMILES string of the molecule is O=C1[C@@H]2[C@H]3C=C[C@H]([C@@H]2C(=O)N1c1ccccn1)[C@@H]1[C@@H]2C(=O)N(c4ccccn4)C(=O)[C@H]2[C@@H]31. The Balaban J connectivity index is 1.27. The molecular formula is C24H18N4O4. The fraction of sp³-hybridized carbons (Fsp3) is 0.333. The molecule has 8 atom stereocenters. The first kappa shape index (κ1) is 17.9. The zero-order valence-electron chi connectivity index (χ0n) is 16.8. The maximum absolute atomic E-state index is 13.4. The highest BCUT2D eigenvalue weighted by molar-refractivity contribution is 6.24. The Labute approximate surface area is 182 Å². The Bertz CT molecular complexity index is 1170. The molecule has 0 aromatic carbocycles. The summed E-state index contributed by atoms with van der Waals surface area (Å²) in [5, 5.41) is 0. The first-order chi connectivity index (χ1) is 15.6. The van der Waals surface area contributed by atoms with E-state index in [4.69, 9.17) is 0 Å². The van der Waals surface area contributed by atoms with Crippen molar-refractivity contribution in [3.63, 3.8) is 0 Å². The third-order valence-corrected chi connectivity index (χ3v) is 8.10. The summed E-state index contributed by atoms with van der Waals surface area (Å²) in [6.07, 6.45) is 7.11. The molecule has 32 heavy (non-hydrogen) atoms. The highest BCUT2D eigenvalue weighted by Crippen LogP contribution is 2.68. The molecule has 2 saturated carbocycles. The summed E-state index contributed by atoms with van der Waals surface area (Å²) in [5.41, 5.74) is 0. The number of imide groups is 2. The summed E-state index contributed by atoms with van der Waals surface area (Å²) >= 11 is 0. The number of carbonyl (C=O) groups excluding carboxylic acids is 4. The summed E-state index contributed by atoms with van der Waals surface area (Å²) in [6.45, 7) is 0. The van der Waals surface area contributed by atoms with Gasteiger partial charge >= 0.3 is 0 Å². The van der Waals surface area contributed by atoms with Gasteiger partial charge in [0.15, 0.2) is 0 Å². The van der Waals surface area contributed by atoms with Crippen LogP contribution in [0.1, 0.15) is 0 Å². The summed E-state index contributed by atoms with van der Waals surface area (Å²) in [7, 11) is 0. The molecule has 2 aliphatic heterocycles. The van der Waals surface area contributed by atoms with Crippen LogP contribution in [0.25, 0.3) is 0 Å². The van der Waals surface area contributed by atoms with E-state index in [0.29, 0.717) is 11.6 Å². The molecule has 0 unspecified atom stereocenters. The number of hydrogen-bond donors (Lipinski definition) is 0. The number of nitrogens with zero attached hydrogens (tertiary/aromatic N) is 4. The van der Waals surface area contributed by atoms with Crippen LogP contribution in [0, 0.1) is 47.3 Å². The first-order valence-electron chi connectivity index (χ1n) is 10.9. The summed E-state index contributed by atoms with van der Waals surface area (Å²) < 4.78 is 0. The molecule has 158 valence electrons. The van der Waals surface area contributed by atoms with E-state index in [1.165, 1.54) is 9.80 Å². The molecule has 0 spiro atoms. The number of allylic oxidation sites excluding steroid dienone is 2. The molecule has 2 aromatic rings. The number of hydrogen-bond acceptors (Lipinski definition) is 6. The number of carbonyl (C=O) groups is 4. The van der Waals surface area contributed by atoms with Gasteiger partial charge in [0.2, 0.25) is 23.6 Å². The molecule has 4 amide bonds. The van der Waals surface area contributed by atoms with Gasteiger partial charge in [-0.3, -0.25) is 19.2 Å². The number of pyridine rings is 2. The predicted octanol–water partition coefficient (Wildman–Crippen LogP) is 1.45. The topological polar surface area (TPSA) is 101 Å². The monoisotopic (exact) mass is 426 g/mol. The molecule has 0 radical (unpaired) electrons. The first-order valence-corrected chi connectivity index (χ1v) is 10.9. The normalized spacial score (nSPS) is 38.6. The summed E-state index contributed by atoms with van der Waals surface area (Å²) in [4.78, 5) is 64.2. The van der Waals surface area contributed by atoms with Crippen LogP contribution in [-0.2, 0) is 19.2 Å². The lowest BCUT2D eigenvalue weighted by molar-refractivity contribution is -0.166. The average molecular weight is 426 g/mol. The van der Waals surface area contributed by atoms with Crippen molar-refractivity contribution in [2.45, 2.75) is 0 Å². The summed E-state index contributed by atoms with van der Waals surface area (Å²) in [6, 6.07) is 10.3. The van der Waals surface area contributed by atoms with E-state index in [9.17, 15) is 19.2 Å². The third kappa shape index (κ3) is 1.94. The van der Waals surface area contributed by atoms with E-state index in [-0.39, 0.29) is 47.3 Å². The van der Waals surface area contributed by atoms with Gasteiger partial charge in [-0.25, -0.2) is 19.8 Å². The van der Waals surface area contributed by atoms with E-state index in [2.05, 4.69) is 9.97 Å². The molecule has 6 aliphatic rings. The second-order valence-electron chi connectivity index (χ2n) is 9.20. The molecule has 2 aromatic heterocycles. The Hall–Kier alpha value is -3.68. The van der Waals surface area contributed by atoms with Crippen LogP contribution in [0.5, 0.6) is 0 Å². The van der Waals surface area contributed by atoms with Gasteiger partial charge < -0.3 is 0 Å². The van der Waals surface area contributed by atoms with Crippen molar-refractivity contribution in [2.75, 3.05) is 9.80 Å². The highest BCUT2D eigenvalue weighted by atomic mass is 16.2. The second-order valence-corrected chi connectivity index (χ2v) is 9.20. The molecule has 4 fully saturated rings. The molecule has 8 rings (SSSR count). The van der Waals surface area contributed by atoms with Crippen LogP contribution in [-0.4, -0.2) is 33.6 Å². The standard InChI is InChI=1S/C24H18N4O4/c29-21-17-11-7-8-12(18(17)22(30)27(21)13-5-1-3-9-25-13)16-15(11)19-20(16)24(32)28(23(19)31)14-6-2-4-10-26-14/h1-12,15-20H/t11-,12-,15-,16-,17-,18+,19-,20-/m0/s1. The number of aromatic nitrogens is 2. The molecule has 2 saturated heterocycles. The molecule has 0 N–H and O–H groups in total. The lowest BCUT2D eigenvalue weighted by Crippen LogP contribution is -2.63. The maximum Gasteiger partial charge on any atom is 0.239 e. The van der Waals surface area contributed by atoms with Crippen molar-refractivity contribution in [1.82, 2.24) is 9.97 Å². The third-order valence-electron chi connectivity index (χ3n) is 8.10. The van der Waals surface area contributed by atoms with E-state index in [1.807, 2.05) is 12.2 Å². The van der Waals surface area contributed by atoms with E-state index < -0.39 is 23.7 Å². The number of anilines is 2. The molecule has 8 nitrogen and oxygen atoms in total. The van der Waals surface area contributed by atoms with Crippen LogP contribution in [0.3, 0.4) is 0 Å². The van der Waals surface area contributed by atoms with Gasteiger partial charge in [0, 0.05) is 12.4 Å². The fourth-order valence-electron chi connectivity index (χ4n) is 7.02. The van der Waals surface area contributed by atoms with E-state index >= 15 is 0 Å². The minimum absolute atomic E-state index is 0.109. The van der Waals surface area contributed by atoms with Crippen molar-refractivity contribution in [3.8, 4) is 0 Å². The molecular weight excluding hydrogens is 408 g/mol. The van der Waals surface area contributed by atoms with E-state index in [1.54, 1.807) is 48.8 Å². The zero-order chi connectivity index (χ0) is 21.7. The number of fused-ring (bicyclic) bond motifs is 1. The molecule has 4 heterocycles. The summed E-state index contributed by atoms with van der Waals surface area (Å²) in [5.74, 6) is -2.93. The largest absolute Gasteiger partial charge is 0.274 e. The van der Waals surface area contributed by atoms with Gasteiger partial charge in [-0.1, -0.05) is 24.3 Å². The van der Waals surface area contributed by atoms with Gasteiger partial charge in [-0.2, -0.15) is 0 Å². The van der Waals surface area contributed by atoms with Crippen molar-refractivity contribution >= 4 is 35.3 Å². The minimum atomic E-state index is -0.506. The lowest BCUT2D eigenvalue weighted by atomic mass is 9.40. The van der Waals surface area contributed by atoms with Crippen molar-refractivity contribution < 1.29 is 19.2 Å². The average Bonchev–Trinajstić information content (AvgIpc) is 3.19. The Kier molecular flexibility index (Phi) is 3.35. The van der Waals surface area contributed by atoms with Crippen molar-refractivity contribution in [3.05, 3.63) is 60.9 Å². The van der Waals surface area contributed by atoms with Crippen LogP contribution >= 0.6 is 0 Å². The smallest absolute Gasteiger partial charge is 0.239 e. The van der Waals surface area contributed by atoms with Gasteiger partial charge in [0.1, 0.15) is 11.6 Å². The van der Waals surface area contributed by atoms with Crippen LogP contribution in [0.4, 0.5) is 11.6 Å². The fourth-order valence-corrected chi connectivity index (χ4v) is 7.02. The Morgan fingerprint density at radius 3 is 1.34 bits per heavy atom. The van der Waals surface area contributed by atoms with Crippen LogP contribution in [0.2, 0.25) is 0 Å². The quantitative estimate of drug-likeness (QED) is 0.532. The van der Waals surface area contributed by atoms with Crippen molar-refractivity contribution in [1.29, 1.82) is 0 Å². The molecule has 4 aliphatic carbocycles. The highest BCUT2D eigenvalue weighted by Gasteiger charge is 2.75. The van der Waals surface area contributed by atoms with Crippen LogP contribution in [0.15, 0.2) is 60.9 Å². The lowest BCUT2D eigenvalue weighted by Gasteiger charge is -2.60. The number of amides is 4. The predicted molar refractivity (Wildman–Crippen MR) is 111 cm³/mol.